The number of H-pyrrole nitrogens is 1. The first-order valence-corrected chi connectivity index (χ1v) is 24.8. The second-order valence-corrected chi connectivity index (χ2v) is 20.9. The van der Waals surface area contributed by atoms with Crippen molar-refractivity contribution in [2.24, 2.45) is 11.3 Å². The van der Waals surface area contributed by atoms with E-state index in [4.69, 9.17) is 23.4 Å². The topological polar surface area (TPSA) is 176 Å². The van der Waals surface area contributed by atoms with Gasteiger partial charge in [0.2, 0.25) is 5.60 Å². The van der Waals surface area contributed by atoms with Crippen molar-refractivity contribution in [1.82, 2.24) is 20.1 Å². The molecule has 10 atom stereocenters. The SMILES string of the molecule is CC[C@]1(NC(=O)c2cc3ccccc3o2)C[C@H]2CN(CCc3c([nH]c4ccccc34)[C@@](C(=O)OC)(c3cc4c(cc3OC)N(C)[C@H]3[C@@](O)(C(=O)OC)[C@H](OC(C)=O)[C@]5(CC)C=CCN6CC[C@]43[C@@H]65)C2)C1. The van der Waals surface area contributed by atoms with Crippen LogP contribution in [0.15, 0.2) is 83.3 Å². The number of ether oxygens (including phenoxy) is 4. The molecular weight excluding hydrogens is 891 g/mol. The number of aromatic nitrogens is 1. The van der Waals surface area contributed by atoms with Gasteiger partial charge in [-0.25, -0.2) is 4.79 Å². The molecule has 1 amide bonds. The number of piperidine rings is 1. The highest BCUT2D eigenvalue weighted by molar-refractivity contribution is 5.97. The lowest BCUT2D eigenvalue weighted by Gasteiger charge is -2.63. The molecule has 2 bridgehead atoms. The number of hydrogen-bond acceptors (Lipinski definition) is 13. The Morgan fingerprint density at radius 1 is 0.914 bits per heavy atom. The Morgan fingerprint density at radius 3 is 2.41 bits per heavy atom. The summed E-state index contributed by atoms with van der Waals surface area (Å²) < 4.78 is 30.4. The number of methoxy groups -OCH3 is 3. The second kappa shape index (κ2) is 16.5. The predicted molar refractivity (Wildman–Crippen MR) is 262 cm³/mol. The van der Waals surface area contributed by atoms with Crippen molar-refractivity contribution >= 4 is 51.4 Å². The number of nitrogens with zero attached hydrogens (tertiary/aromatic N) is 3. The van der Waals surface area contributed by atoms with Crippen LogP contribution >= 0.6 is 0 Å². The Hall–Kier alpha value is -6.16. The van der Waals surface area contributed by atoms with Crippen LogP contribution < -0.4 is 15.0 Å². The molecule has 3 aromatic carbocycles. The van der Waals surface area contributed by atoms with Crippen LogP contribution in [0.4, 0.5) is 5.69 Å². The minimum Gasteiger partial charge on any atom is -0.496 e. The highest BCUT2D eigenvalue weighted by Gasteiger charge is 2.80. The molecule has 3 fully saturated rings. The van der Waals surface area contributed by atoms with E-state index in [9.17, 15) is 19.5 Å². The fourth-order valence-electron chi connectivity index (χ4n) is 15.1. The number of fused-ring (bicyclic) bond motifs is 7. The number of anilines is 1. The zero-order chi connectivity index (χ0) is 49.1. The molecule has 5 aromatic rings. The summed E-state index contributed by atoms with van der Waals surface area (Å²) in [6, 6.07) is 20.3. The van der Waals surface area contributed by atoms with Crippen LogP contribution in [0, 0.1) is 11.3 Å². The third kappa shape index (κ3) is 6.22. The van der Waals surface area contributed by atoms with E-state index < -0.39 is 57.4 Å². The van der Waals surface area contributed by atoms with E-state index in [0.29, 0.717) is 81.7 Å². The van der Waals surface area contributed by atoms with Crippen molar-refractivity contribution in [3.05, 3.63) is 107 Å². The Kier molecular flexibility index (Phi) is 10.9. The standard InChI is InChI=1S/C55H63N5O10/c1-8-51(57-45(62)43-25-34-15-10-13-18-41(34)70-43)28-33-29-54(49(63)67-6,44-36(19-23-59(30-33)31-51)35-16-11-12-17-39(35)56-44)38-26-37-40(27-42(38)66-5)58(4)47-53(37)21-24-60-22-14-20-52(9-2,46(53)60)48(69-32(3)61)55(47,65)50(64)68-7/h10-18,20,25-27,33,46-48,56,65H,8-9,19,21-24,28-31H2,1-7H3,(H,57,62)/t33-,46+,47-,48-,51+,52-,53-,54+,55+/m1/s1. The van der Waals surface area contributed by atoms with Gasteiger partial charge in [0.25, 0.3) is 5.91 Å². The van der Waals surface area contributed by atoms with Crippen LogP contribution in [-0.4, -0.2) is 134 Å². The van der Waals surface area contributed by atoms with E-state index in [2.05, 4.69) is 45.2 Å². The fraction of sp³-hybridized carbons (Fsp3) is 0.491. The van der Waals surface area contributed by atoms with Crippen molar-refractivity contribution in [1.29, 1.82) is 0 Å². The highest BCUT2D eigenvalue weighted by Crippen LogP contribution is 2.68. The van der Waals surface area contributed by atoms with E-state index in [1.54, 1.807) is 13.2 Å². The quantitative estimate of drug-likeness (QED) is 0.0870. The summed E-state index contributed by atoms with van der Waals surface area (Å²) in [6.07, 6.45) is 5.87. The van der Waals surface area contributed by atoms with Crippen LogP contribution in [0.2, 0.25) is 0 Å². The van der Waals surface area contributed by atoms with Crippen LogP contribution in [0.5, 0.6) is 5.75 Å². The smallest absolute Gasteiger partial charge is 0.344 e. The summed E-state index contributed by atoms with van der Waals surface area (Å²) in [7, 11) is 6.15. The van der Waals surface area contributed by atoms with Crippen LogP contribution in [0.1, 0.15) is 85.8 Å². The molecule has 368 valence electrons. The monoisotopic (exact) mass is 953 g/mol. The minimum atomic E-state index is -2.34. The summed E-state index contributed by atoms with van der Waals surface area (Å²) >= 11 is 0. The van der Waals surface area contributed by atoms with Gasteiger partial charge in [0.15, 0.2) is 11.9 Å². The summed E-state index contributed by atoms with van der Waals surface area (Å²) in [5, 5.41) is 18.8. The van der Waals surface area contributed by atoms with Gasteiger partial charge in [-0.3, -0.25) is 19.3 Å². The molecular formula is C55H63N5O10. The Labute approximate surface area is 407 Å². The number of amides is 1. The molecule has 0 radical (unpaired) electrons. The van der Waals surface area contributed by atoms with Crippen molar-refractivity contribution in [3.8, 4) is 5.75 Å². The number of aromatic amines is 1. The molecule has 15 heteroatoms. The zero-order valence-electron chi connectivity index (χ0n) is 41.1. The maximum absolute atomic E-state index is 15.8. The fourth-order valence-corrected chi connectivity index (χ4v) is 15.1. The molecule has 15 nitrogen and oxygen atoms in total. The molecule has 7 heterocycles. The van der Waals surface area contributed by atoms with E-state index in [-0.39, 0.29) is 30.0 Å². The molecule has 11 rings (SSSR count). The number of carbonyl (C=O) groups excluding carboxylic acids is 4. The molecule has 6 aliphatic rings. The third-order valence-electron chi connectivity index (χ3n) is 17.7. The van der Waals surface area contributed by atoms with E-state index in [0.717, 1.165) is 38.8 Å². The number of benzene rings is 3. The largest absolute Gasteiger partial charge is 0.496 e. The average molecular weight is 954 g/mol. The Bertz CT molecular complexity index is 2970. The van der Waals surface area contributed by atoms with Crippen molar-refractivity contribution in [2.45, 2.75) is 99.5 Å². The zero-order valence-corrected chi connectivity index (χ0v) is 41.1. The number of likely N-dealkylation sites (N-methyl/N-ethyl adjacent to an activating group) is 1. The highest BCUT2D eigenvalue weighted by atomic mass is 16.6. The minimum absolute atomic E-state index is 0.158. The summed E-state index contributed by atoms with van der Waals surface area (Å²) in [6.45, 7) is 8.62. The normalized spacial score (nSPS) is 33.0. The van der Waals surface area contributed by atoms with E-state index >= 15 is 4.79 Å². The number of hydrogen-bond donors (Lipinski definition) is 3. The Morgan fingerprint density at radius 2 is 1.69 bits per heavy atom. The first kappa shape index (κ1) is 46.2. The molecule has 3 N–H and O–H groups in total. The molecule has 2 aromatic heterocycles. The molecule has 1 unspecified atom stereocenters. The van der Waals surface area contributed by atoms with Gasteiger partial charge >= 0.3 is 17.9 Å². The van der Waals surface area contributed by atoms with Crippen LogP contribution in [0.3, 0.4) is 0 Å². The predicted octanol–water partition coefficient (Wildman–Crippen LogP) is 6.17. The maximum atomic E-state index is 15.8. The molecule has 2 saturated heterocycles. The lowest BCUT2D eigenvalue weighted by Crippen LogP contribution is -2.81. The van der Waals surface area contributed by atoms with Crippen molar-refractivity contribution < 1.29 is 47.6 Å². The first-order chi connectivity index (χ1) is 33.7. The second-order valence-electron chi connectivity index (χ2n) is 20.9. The van der Waals surface area contributed by atoms with Crippen molar-refractivity contribution in [3.63, 3.8) is 0 Å². The van der Waals surface area contributed by atoms with Gasteiger partial charge < -0.3 is 48.6 Å². The first-order valence-electron chi connectivity index (χ1n) is 24.8. The van der Waals surface area contributed by atoms with Crippen LogP contribution in [0.25, 0.3) is 21.9 Å². The summed E-state index contributed by atoms with van der Waals surface area (Å²) in [5.41, 5.74) is -1.07. The van der Waals surface area contributed by atoms with Gasteiger partial charge in [-0.2, -0.15) is 0 Å². The van der Waals surface area contributed by atoms with Gasteiger partial charge in [-0.1, -0.05) is 62.4 Å². The molecule has 5 aliphatic heterocycles. The van der Waals surface area contributed by atoms with Gasteiger partial charge in [0.05, 0.1) is 32.9 Å². The number of furan rings is 1. The molecule has 70 heavy (non-hydrogen) atoms. The molecule has 1 saturated carbocycles. The number of nitrogens with one attached hydrogen (secondary N) is 2. The van der Waals surface area contributed by atoms with E-state index in [1.807, 2.05) is 73.5 Å². The third-order valence-corrected chi connectivity index (χ3v) is 17.7. The number of para-hydroxylation sites is 2. The lowest BCUT2D eigenvalue weighted by atomic mass is 9.47. The number of carbonyl (C=O) groups is 4. The Balaban J connectivity index is 1.13. The molecule has 1 spiro atoms. The molecule has 1 aliphatic carbocycles. The van der Waals surface area contributed by atoms with Gasteiger partial charge in [0.1, 0.15) is 16.7 Å². The van der Waals surface area contributed by atoms with Gasteiger partial charge in [-0.05, 0) is 86.4 Å². The number of rotatable bonds is 9. The number of aliphatic hydroxyl groups is 1. The van der Waals surface area contributed by atoms with Gasteiger partial charge in [0, 0.05) is 96.3 Å². The maximum Gasteiger partial charge on any atom is 0.344 e. The average Bonchev–Trinajstić information content (AvgIpc) is 4.15. The van der Waals surface area contributed by atoms with Gasteiger partial charge in [-0.15, -0.1) is 0 Å². The van der Waals surface area contributed by atoms with E-state index in [1.165, 1.54) is 21.1 Å². The van der Waals surface area contributed by atoms with Crippen LogP contribution in [-0.2, 0) is 45.8 Å². The lowest BCUT2D eigenvalue weighted by molar-refractivity contribution is -0.228. The summed E-state index contributed by atoms with van der Waals surface area (Å²) in [4.78, 5) is 68.3. The van der Waals surface area contributed by atoms with Crippen molar-refractivity contribution in [2.75, 3.05) is 66.0 Å². The number of esters is 3. The summed E-state index contributed by atoms with van der Waals surface area (Å²) in [5.74, 6) is -1.74.